The van der Waals surface area contributed by atoms with Crippen molar-refractivity contribution in [2.45, 2.75) is 38.9 Å². The maximum Gasteiger partial charge on any atom is 0.330 e. The molecule has 1 rings (SSSR count). The molecule has 0 bridgehead atoms. The van der Waals surface area contributed by atoms with E-state index in [9.17, 15) is 4.79 Å². The van der Waals surface area contributed by atoms with E-state index in [1.54, 1.807) is 0 Å². The maximum atomic E-state index is 11.0. The van der Waals surface area contributed by atoms with Crippen molar-refractivity contribution in [3.63, 3.8) is 0 Å². The second-order valence-corrected chi connectivity index (χ2v) is 5.38. The molecule has 1 heterocycles. The molecule has 0 saturated heterocycles. The van der Waals surface area contributed by atoms with Gasteiger partial charge in [0.2, 0.25) is 0 Å². The van der Waals surface area contributed by atoms with Crippen molar-refractivity contribution >= 4 is 5.97 Å². The molecular formula is C13H22N2O2. The van der Waals surface area contributed by atoms with Crippen LogP contribution in [-0.2, 0) is 9.53 Å². The molecule has 4 heteroatoms. The lowest BCUT2D eigenvalue weighted by molar-refractivity contribution is -0.137. The fraction of sp³-hybridized carbons (Fsp3) is 0.615. The SMILES string of the molecule is C=CC(=O)OCC1=CC(C)(C)N(C)C(C)(C)N1. The van der Waals surface area contributed by atoms with Gasteiger partial charge in [0.15, 0.2) is 0 Å². The van der Waals surface area contributed by atoms with E-state index in [0.29, 0.717) is 0 Å². The number of hydrogen-bond donors (Lipinski definition) is 1. The molecule has 0 atom stereocenters. The van der Waals surface area contributed by atoms with E-state index in [1.807, 2.05) is 0 Å². The van der Waals surface area contributed by atoms with Gasteiger partial charge in [0.1, 0.15) is 6.61 Å². The molecule has 4 nitrogen and oxygen atoms in total. The van der Waals surface area contributed by atoms with Crippen molar-refractivity contribution in [2.75, 3.05) is 13.7 Å². The molecule has 0 aromatic heterocycles. The van der Waals surface area contributed by atoms with Gasteiger partial charge >= 0.3 is 5.97 Å². The fourth-order valence-corrected chi connectivity index (χ4v) is 2.04. The van der Waals surface area contributed by atoms with Crippen LogP contribution < -0.4 is 5.32 Å². The van der Waals surface area contributed by atoms with Crippen LogP contribution in [0.1, 0.15) is 27.7 Å². The van der Waals surface area contributed by atoms with Crippen LogP contribution in [0.15, 0.2) is 24.4 Å². The Morgan fingerprint density at radius 3 is 2.59 bits per heavy atom. The number of carbonyl (C=O) groups excluding carboxylic acids is 1. The summed E-state index contributed by atoms with van der Waals surface area (Å²) in [6.45, 7) is 12.1. The Kier molecular flexibility index (Phi) is 3.67. The second-order valence-electron chi connectivity index (χ2n) is 5.38. The number of ether oxygens (including phenoxy) is 1. The Bertz CT molecular complexity index is 356. The van der Waals surface area contributed by atoms with Gasteiger partial charge in [-0.1, -0.05) is 6.58 Å². The van der Waals surface area contributed by atoms with Gasteiger partial charge in [-0.05, 0) is 40.8 Å². The lowest BCUT2D eigenvalue weighted by Gasteiger charge is -2.50. The quantitative estimate of drug-likeness (QED) is 0.599. The van der Waals surface area contributed by atoms with Crippen molar-refractivity contribution in [2.24, 2.45) is 0 Å². The number of nitrogens with zero attached hydrogens (tertiary/aromatic N) is 1. The van der Waals surface area contributed by atoms with Crippen LogP contribution in [-0.4, -0.2) is 35.7 Å². The summed E-state index contributed by atoms with van der Waals surface area (Å²) in [4.78, 5) is 13.3. The zero-order valence-electron chi connectivity index (χ0n) is 11.3. The van der Waals surface area contributed by atoms with Crippen LogP contribution in [0.2, 0.25) is 0 Å². The molecule has 1 N–H and O–H groups in total. The summed E-state index contributed by atoms with van der Waals surface area (Å²) in [5, 5.41) is 3.35. The average molecular weight is 238 g/mol. The third-order valence-electron chi connectivity index (χ3n) is 3.23. The Morgan fingerprint density at radius 2 is 2.12 bits per heavy atom. The molecule has 0 aromatic carbocycles. The first-order valence-electron chi connectivity index (χ1n) is 5.72. The molecule has 0 aliphatic carbocycles. The predicted octanol–water partition coefficient (Wildman–Crippen LogP) is 1.65. The van der Waals surface area contributed by atoms with Gasteiger partial charge in [-0.2, -0.15) is 0 Å². The topological polar surface area (TPSA) is 41.6 Å². The van der Waals surface area contributed by atoms with Gasteiger partial charge in [0.25, 0.3) is 0 Å². The van der Waals surface area contributed by atoms with Crippen molar-refractivity contribution in [1.29, 1.82) is 0 Å². The lowest BCUT2D eigenvalue weighted by atomic mass is 9.94. The van der Waals surface area contributed by atoms with Crippen LogP contribution in [0.3, 0.4) is 0 Å². The van der Waals surface area contributed by atoms with E-state index in [2.05, 4.69) is 57.6 Å². The van der Waals surface area contributed by atoms with E-state index >= 15 is 0 Å². The molecule has 0 aromatic rings. The van der Waals surface area contributed by atoms with Crippen LogP contribution in [0, 0.1) is 0 Å². The lowest BCUT2D eigenvalue weighted by Crippen LogP contribution is -2.63. The first-order valence-corrected chi connectivity index (χ1v) is 5.72. The number of rotatable bonds is 3. The van der Waals surface area contributed by atoms with Gasteiger partial charge in [0, 0.05) is 17.3 Å². The average Bonchev–Trinajstić information content (AvgIpc) is 2.21. The van der Waals surface area contributed by atoms with Crippen LogP contribution in [0.5, 0.6) is 0 Å². The Hall–Kier alpha value is -1.29. The molecule has 96 valence electrons. The van der Waals surface area contributed by atoms with Crippen LogP contribution in [0.25, 0.3) is 0 Å². The van der Waals surface area contributed by atoms with Gasteiger partial charge in [-0.25, -0.2) is 4.79 Å². The monoisotopic (exact) mass is 238 g/mol. The number of likely N-dealkylation sites (N-methyl/N-ethyl adjacent to an activating group) is 1. The highest BCUT2D eigenvalue weighted by atomic mass is 16.5. The smallest absolute Gasteiger partial charge is 0.330 e. The minimum Gasteiger partial charge on any atom is -0.456 e. The second kappa shape index (κ2) is 4.53. The highest BCUT2D eigenvalue weighted by molar-refractivity contribution is 5.81. The molecule has 0 amide bonds. The van der Waals surface area contributed by atoms with E-state index in [4.69, 9.17) is 4.74 Å². The zero-order chi connectivity index (χ0) is 13.3. The van der Waals surface area contributed by atoms with Crippen molar-refractivity contribution in [3.05, 3.63) is 24.4 Å². The summed E-state index contributed by atoms with van der Waals surface area (Å²) in [5.74, 6) is -0.401. The fourth-order valence-electron chi connectivity index (χ4n) is 2.04. The normalized spacial score (nSPS) is 22.3. The molecule has 1 aliphatic heterocycles. The van der Waals surface area contributed by atoms with Crippen molar-refractivity contribution < 1.29 is 9.53 Å². The van der Waals surface area contributed by atoms with Gasteiger partial charge in [-0.15, -0.1) is 0 Å². The minimum absolute atomic E-state index is 0.0787. The van der Waals surface area contributed by atoms with Crippen molar-refractivity contribution in [3.8, 4) is 0 Å². The molecule has 0 radical (unpaired) electrons. The summed E-state index contributed by atoms with van der Waals surface area (Å²) in [6.07, 6.45) is 3.25. The molecule has 0 unspecified atom stereocenters. The van der Waals surface area contributed by atoms with Crippen LogP contribution in [0.4, 0.5) is 0 Å². The van der Waals surface area contributed by atoms with E-state index in [1.165, 1.54) is 6.08 Å². The number of hydrogen-bond acceptors (Lipinski definition) is 4. The highest BCUT2D eigenvalue weighted by Gasteiger charge is 2.38. The molecule has 17 heavy (non-hydrogen) atoms. The number of esters is 1. The Labute approximate surface area is 103 Å². The van der Waals surface area contributed by atoms with Crippen molar-refractivity contribution in [1.82, 2.24) is 10.2 Å². The summed E-state index contributed by atoms with van der Waals surface area (Å²) >= 11 is 0. The molecule has 0 spiro atoms. The molecule has 0 saturated carbocycles. The highest BCUT2D eigenvalue weighted by Crippen LogP contribution is 2.28. The maximum absolute atomic E-state index is 11.0. The minimum atomic E-state index is -0.401. The zero-order valence-corrected chi connectivity index (χ0v) is 11.3. The third kappa shape index (κ3) is 3.09. The summed E-state index contributed by atoms with van der Waals surface area (Å²) < 4.78 is 5.05. The van der Waals surface area contributed by atoms with Gasteiger partial charge < -0.3 is 10.1 Å². The van der Waals surface area contributed by atoms with Gasteiger partial charge in [0.05, 0.1) is 5.66 Å². The number of nitrogens with one attached hydrogen (secondary N) is 1. The predicted molar refractivity (Wildman–Crippen MR) is 68.3 cm³/mol. The van der Waals surface area contributed by atoms with Crippen LogP contribution >= 0.6 is 0 Å². The van der Waals surface area contributed by atoms with Gasteiger partial charge in [-0.3, -0.25) is 4.90 Å². The molecular weight excluding hydrogens is 216 g/mol. The summed E-state index contributed by atoms with van der Waals surface area (Å²) in [7, 11) is 2.07. The summed E-state index contributed by atoms with van der Waals surface area (Å²) in [6, 6.07) is 0. The number of carbonyl (C=O) groups is 1. The Balaban J connectivity index is 2.80. The van der Waals surface area contributed by atoms with E-state index in [0.717, 1.165) is 5.70 Å². The third-order valence-corrected chi connectivity index (χ3v) is 3.23. The summed E-state index contributed by atoms with van der Waals surface area (Å²) in [5.41, 5.74) is 0.673. The molecule has 0 fully saturated rings. The first kappa shape index (κ1) is 13.8. The van der Waals surface area contributed by atoms with E-state index < -0.39 is 5.97 Å². The standard InChI is InChI=1S/C13H22N2O2/c1-7-11(16)17-9-10-8-12(2,3)15(6)13(4,5)14-10/h7-8,14H,1,9H2,2-6H3. The first-order chi connectivity index (χ1) is 7.69. The Morgan fingerprint density at radius 1 is 1.53 bits per heavy atom. The largest absolute Gasteiger partial charge is 0.456 e. The molecule has 1 aliphatic rings. The van der Waals surface area contributed by atoms with E-state index in [-0.39, 0.29) is 17.8 Å².